The lowest BCUT2D eigenvalue weighted by Gasteiger charge is -2.09. The number of hydrogen-bond donors (Lipinski definition) is 2. The van der Waals surface area contributed by atoms with Gasteiger partial charge in [-0.2, -0.15) is 5.10 Å². The molecule has 0 fully saturated rings. The number of hydrazone groups is 1. The Morgan fingerprint density at radius 2 is 1.81 bits per heavy atom. The lowest BCUT2D eigenvalue weighted by atomic mass is 10.2. The van der Waals surface area contributed by atoms with Crippen LogP contribution in [0.4, 0.5) is 0 Å². The molecule has 6 nitrogen and oxygen atoms in total. The minimum Gasteiger partial charge on any atom is -0.488 e. The standard InChI is InChI=1S/C23H19BrClN3O3/c24-19-10-8-16(9-11-19)15-31-21-7-2-1-4-18(21)13-27-28-22(29)14-26-23(30)17-5-3-6-20(25)12-17/h1-13H,14-15H2,(H,26,30)(H,28,29)/b27-13+. The number of carbonyl (C=O) groups excluding carboxylic acids is 2. The van der Waals surface area contributed by atoms with Crippen molar-refractivity contribution in [3.8, 4) is 5.75 Å². The molecule has 0 heterocycles. The SMILES string of the molecule is O=C(CNC(=O)c1cccc(Cl)c1)N/N=C/c1ccccc1OCc1ccc(Br)cc1. The third kappa shape index (κ3) is 7.24. The van der Waals surface area contributed by atoms with Gasteiger partial charge in [0.2, 0.25) is 0 Å². The van der Waals surface area contributed by atoms with E-state index in [1.807, 2.05) is 48.5 Å². The molecule has 3 aromatic rings. The predicted molar refractivity (Wildman–Crippen MR) is 124 cm³/mol. The van der Waals surface area contributed by atoms with Gasteiger partial charge in [-0.1, -0.05) is 57.9 Å². The molecule has 0 bridgehead atoms. The molecular formula is C23H19BrClN3O3. The minimum absolute atomic E-state index is 0.218. The number of halogens is 2. The Hall–Kier alpha value is -3.16. The Morgan fingerprint density at radius 3 is 2.58 bits per heavy atom. The average Bonchev–Trinajstić information content (AvgIpc) is 2.78. The molecule has 158 valence electrons. The van der Waals surface area contributed by atoms with Crippen molar-refractivity contribution in [2.24, 2.45) is 5.10 Å². The fraction of sp³-hybridized carbons (Fsp3) is 0.0870. The van der Waals surface area contributed by atoms with Gasteiger partial charge in [0.15, 0.2) is 0 Å². The van der Waals surface area contributed by atoms with E-state index in [2.05, 4.69) is 31.8 Å². The summed E-state index contributed by atoms with van der Waals surface area (Å²) < 4.78 is 6.87. The smallest absolute Gasteiger partial charge is 0.259 e. The van der Waals surface area contributed by atoms with Crippen LogP contribution in [0, 0.1) is 0 Å². The highest BCUT2D eigenvalue weighted by Gasteiger charge is 2.08. The van der Waals surface area contributed by atoms with E-state index in [1.54, 1.807) is 18.2 Å². The zero-order valence-electron chi connectivity index (χ0n) is 16.3. The van der Waals surface area contributed by atoms with Crippen molar-refractivity contribution in [2.75, 3.05) is 6.54 Å². The first kappa shape index (κ1) is 22.5. The van der Waals surface area contributed by atoms with Crippen LogP contribution in [0.5, 0.6) is 5.75 Å². The summed E-state index contributed by atoms with van der Waals surface area (Å²) in [5, 5.41) is 6.91. The van der Waals surface area contributed by atoms with E-state index in [9.17, 15) is 9.59 Å². The Morgan fingerprint density at radius 1 is 1.03 bits per heavy atom. The highest BCUT2D eigenvalue weighted by molar-refractivity contribution is 9.10. The number of para-hydroxylation sites is 1. The van der Waals surface area contributed by atoms with E-state index in [4.69, 9.17) is 16.3 Å². The molecule has 0 radical (unpaired) electrons. The number of nitrogens with one attached hydrogen (secondary N) is 2. The summed E-state index contributed by atoms with van der Waals surface area (Å²) in [6, 6.07) is 21.7. The van der Waals surface area contributed by atoms with Gasteiger partial charge in [-0.15, -0.1) is 0 Å². The zero-order chi connectivity index (χ0) is 22.1. The first-order valence-corrected chi connectivity index (χ1v) is 10.5. The van der Waals surface area contributed by atoms with Gasteiger partial charge in [-0.3, -0.25) is 9.59 Å². The van der Waals surface area contributed by atoms with Gasteiger partial charge in [0.1, 0.15) is 12.4 Å². The fourth-order valence-corrected chi connectivity index (χ4v) is 3.02. The molecule has 0 aliphatic carbocycles. The Kier molecular flexibility index (Phi) is 8.20. The van der Waals surface area contributed by atoms with Crippen molar-refractivity contribution < 1.29 is 14.3 Å². The molecule has 0 saturated heterocycles. The number of ether oxygens (including phenoxy) is 1. The normalized spacial score (nSPS) is 10.6. The Balaban J connectivity index is 1.50. The van der Waals surface area contributed by atoms with Crippen LogP contribution in [0.3, 0.4) is 0 Å². The molecule has 0 aliphatic heterocycles. The van der Waals surface area contributed by atoms with Gasteiger partial charge < -0.3 is 10.1 Å². The van der Waals surface area contributed by atoms with Crippen LogP contribution >= 0.6 is 27.5 Å². The maximum atomic E-state index is 12.0. The van der Waals surface area contributed by atoms with Crippen LogP contribution in [0.1, 0.15) is 21.5 Å². The highest BCUT2D eigenvalue weighted by atomic mass is 79.9. The molecule has 2 amide bonds. The van der Waals surface area contributed by atoms with E-state index >= 15 is 0 Å². The molecule has 0 spiro atoms. The molecule has 0 atom stereocenters. The maximum Gasteiger partial charge on any atom is 0.259 e. The molecule has 31 heavy (non-hydrogen) atoms. The van der Waals surface area contributed by atoms with E-state index < -0.39 is 11.8 Å². The fourth-order valence-electron chi connectivity index (χ4n) is 2.57. The van der Waals surface area contributed by atoms with Gasteiger partial charge in [0.05, 0.1) is 12.8 Å². The van der Waals surface area contributed by atoms with Crippen LogP contribution in [0.25, 0.3) is 0 Å². The average molecular weight is 501 g/mol. The summed E-state index contributed by atoms with van der Waals surface area (Å²) in [6.45, 7) is 0.185. The van der Waals surface area contributed by atoms with Crippen LogP contribution in [-0.2, 0) is 11.4 Å². The summed E-state index contributed by atoms with van der Waals surface area (Å²) in [4.78, 5) is 24.0. The van der Waals surface area contributed by atoms with E-state index in [0.29, 0.717) is 28.5 Å². The summed E-state index contributed by atoms with van der Waals surface area (Å²) in [7, 11) is 0. The van der Waals surface area contributed by atoms with E-state index in [-0.39, 0.29) is 6.54 Å². The number of nitrogens with zero attached hydrogens (tertiary/aromatic N) is 1. The van der Waals surface area contributed by atoms with Gasteiger partial charge >= 0.3 is 0 Å². The second kappa shape index (κ2) is 11.3. The lowest BCUT2D eigenvalue weighted by molar-refractivity contribution is -0.120. The van der Waals surface area contributed by atoms with E-state index in [1.165, 1.54) is 12.3 Å². The first-order chi connectivity index (χ1) is 15.0. The monoisotopic (exact) mass is 499 g/mol. The number of rotatable bonds is 8. The molecule has 8 heteroatoms. The molecule has 0 unspecified atom stereocenters. The minimum atomic E-state index is -0.458. The molecule has 3 rings (SSSR count). The van der Waals surface area contributed by atoms with Crippen molar-refractivity contribution in [3.63, 3.8) is 0 Å². The molecule has 0 aliphatic rings. The number of hydrogen-bond acceptors (Lipinski definition) is 4. The first-order valence-electron chi connectivity index (χ1n) is 9.33. The van der Waals surface area contributed by atoms with Crippen LogP contribution in [0.15, 0.2) is 82.4 Å². The summed E-state index contributed by atoms with van der Waals surface area (Å²) >= 11 is 9.27. The van der Waals surface area contributed by atoms with Gasteiger partial charge in [-0.05, 0) is 48.0 Å². The van der Waals surface area contributed by atoms with Crippen LogP contribution < -0.4 is 15.5 Å². The Labute approximate surface area is 193 Å². The number of amides is 2. The molecule has 3 aromatic carbocycles. The molecule has 0 aromatic heterocycles. The summed E-state index contributed by atoms with van der Waals surface area (Å²) in [5.41, 5.74) is 4.50. The zero-order valence-corrected chi connectivity index (χ0v) is 18.7. The van der Waals surface area contributed by atoms with Crippen LogP contribution in [0.2, 0.25) is 5.02 Å². The molecular weight excluding hydrogens is 482 g/mol. The maximum absolute atomic E-state index is 12.0. The Bertz CT molecular complexity index is 1090. The largest absolute Gasteiger partial charge is 0.488 e. The van der Waals surface area contributed by atoms with Crippen molar-refractivity contribution in [1.29, 1.82) is 0 Å². The second-order valence-electron chi connectivity index (χ2n) is 6.44. The molecule has 0 saturated carbocycles. The third-order valence-corrected chi connectivity index (χ3v) is 4.88. The lowest BCUT2D eigenvalue weighted by Crippen LogP contribution is -2.34. The topological polar surface area (TPSA) is 79.8 Å². The number of benzene rings is 3. The van der Waals surface area contributed by atoms with Crippen molar-refractivity contribution in [3.05, 3.63) is 99.0 Å². The summed E-state index contributed by atoms with van der Waals surface area (Å²) in [5.74, 6) is -0.217. The van der Waals surface area contributed by atoms with Gasteiger partial charge in [-0.25, -0.2) is 5.43 Å². The summed E-state index contributed by atoms with van der Waals surface area (Å²) in [6.07, 6.45) is 1.49. The predicted octanol–water partition coefficient (Wildman–Crippen LogP) is 4.56. The van der Waals surface area contributed by atoms with Crippen molar-refractivity contribution in [1.82, 2.24) is 10.7 Å². The number of carbonyl (C=O) groups is 2. The van der Waals surface area contributed by atoms with E-state index in [0.717, 1.165) is 10.0 Å². The van der Waals surface area contributed by atoms with Crippen molar-refractivity contribution >= 4 is 45.6 Å². The quantitative estimate of drug-likeness (QED) is 0.351. The highest BCUT2D eigenvalue weighted by Crippen LogP contribution is 2.18. The van der Waals surface area contributed by atoms with Gasteiger partial charge in [0, 0.05) is 20.6 Å². The molecule has 2 N–H and O–H groups in total. The third-order valence-electron chi connectivity index (χ3n) is 4.12. The second-order valence-corrected chi connectivity index (χ2v) is 7.79. The van der Waals surface area contributed by atoms with Gasteiger partial charge in [0.25, 0.3) is 11.8 Å². The van der Waals surface area contributed by atoms with Crippen LogP contribution in [-0.4, -0.2) is 24.6 Å². The van der Waals surface area contributed by atoms with Crippen molar-refractivity contribution in [2.45, 2.75) is 6.61 Å².